The highest BCUT2D eigenvalue weighted by Gasteiger charge is 2.23. The van der Waals surface area contributed by atoms with E-state index in [4.69, 9.17) is 0 Å². The summed E-state index contributed by atoms with van der Waals surface area (Å²) in [6.45, 7) is 0. The first-order valence-corrected chi connectivity index (χ1v) is 11.0. The van der Waals surface area contributed by atoms with Crippen LogP contribution in [-0.4, -0.2) is 21.6 Å². The van der Waals surface area contributed by atoms with Gasteiger partial charge >= 0.3 is 0 Å². The molecule has 0 bridgehead atoms. The van der Waals surface area contributed by atoms with E-state index in [1.54, 1.807) is 29.2 Å². The van der Waals surface area contributed by atoms with Crippen LogP contribution in [0.4, 0.5) is 5.69 Å². The summed E-state index contributed by atoms with van der Waals surface area (Å²) in [6.07, 6.45) is 5.54. The lowest BCUT2D eigenvalue weighted by Crippen LogP contribution is -2.27. The van der Waals surface area contributed by atoms with Gasteiger partial charge in [0, 0.05) is 5.56 Å². The SMILES string of the molecule is O=C(Cc1ccccc1)Nc1cnn(-c2cccc(C(=O)NC3CCc4ccccc43)c2)c1. The minimum atomic E-state index is -0.109. The molecular weight excluding hydrogens is 412 g/mol. The van der Waals surface area contributed by atoms with E-state index in [0.29, 0.717) is 17.7 Å². The van der Waals surface area contributed by atoms with E-state index in [1.807, 2.05) is 54.6 Å². The fourth-order valence-electron chi connectivity index (χ4n) is 4.25. The Morgan fingerprint density at radius 3 is 2.67 bits per heavy atom. The summed E-state index contributed by atoms with van der Waals surface area (Å²) in [5, 5.41) is 10.4. The average Bonchev–Trinajstić information content (AvgIpc) is 3.47. The number of carbonyl (C=O) groups is 2. The molecule has 164 valence electrons. The molecule has 33 heavy (non-hydrogen) atoms. The molecule has 1 aromatic heterocycles. The zero-order chi connectivity index (χ0) is 22.6. The van der Waals surface area contributed by atoms with Gasteiger partial charge in [-0.15, -0.1) is 0 Å². The molecule has 1 heterocycles. The first-order chi connectivity index (χ1) is 16.2. The molecule has 5 rings (SSSR count). The number of benzene rings is 3. The van der Waals surface area contributed by atoms with Crippen molar-refractivity contribution >= 4 is 17.5 Å². The largest absolute Gasteiger partial charge is 0.345 e. The Bertz CT molecular complexity index is 1300. The van der Waals surface area contributed by atoms with Crippen LogP contribution < -0.4 is 10.6 Å². The number of nitrogens with one attached hydrogen (secondary N) is 2. The van der Waals surface area contributed by atoms with Crippen LogP contribution in [0.2, 0.25) is 0 Å². The number of aryl methyl sites for hydroxylation is 1. The molecule has 0 saturated carbocycles. The van der Waals surface area contributed by atoms with Gasteiger partial charge in [-0.3, -0.25) is 9.59 Å². The summed E-state index contributed by atoms with van der Waals surface area (Å²) in [6, 6.07) is 25.2. The second kappa shape index (κ2) is 9.12. The van der Waals surface area contributed by atoms with Gasteiger partial charge in [-0.2, -0.15) is 5.10 Å². The highest BCUT2D eigenvalue weighted by molar-refractivity contribution is 5.95. The number of nitrogens with zero attached hydrogens (tertiary/aromatic N) is 2. The number of anilines is 1. The van der Waals surface area contributed by atoms with Gasteiger partial charge in [0.1, 0.15) is 0 Å². The van der Waals surface area contributed by atoms with Gasteiger partial charge < -0.3 is 10.6 Å². The molecule has 3 aromatic carbocycles. The number of amides is 2. The average molecular weight is 437 g/mol. The Labute approximate surface area is 192 Å². The van der Waals surface area contributed by atoms with Crippen LogP contribution in [0, 0.1) is 0 Å². The van der Waals surface area contributed by atoms with Gasteiger partial charge in [0.25, 0.3) is 5.91 Å². The molecule has 4 aromatic rings. The predicted molar refractivity (Wildman–Crippen MR) is 127 cm³/mol. The molecule has 0 radical (unpaired) electrons. The van der Waals surface area contributed by atoms with Crippen LogP contribution in [0.15, 0.2) is 91.3 Å². The van der Waals surface area contributed by atoms with E-state index >= 15 is 0 Å². The van der Waals surface area contributed by atoms with Crippen molar-refractivity contribution in [1.29, 1.82) is 0 Å². The molecule has 0 aliphatic heterocycles. The molecule has 0 fully saturated rings. The van der Waals surface area contributed by atoms with E-state index < -0.39 is 0 Å². The minimum absolute atomic E-state index is 0.0356. The van der Waals surface area contributed by atoms with Gasteiger partial charge in [-0.25, -0.2) is 4.68 Å². The van der Waals surface area contributed by atoms with Gasteiger partial charge in [-0.05, 0) is 47.7 Å². The highest BCUT2D eigenvalue weighted by Crippen LogP contribution is 2.31. The monoisotopic (exact) mass is 436 g/mol. The standard InChI is InChI=1S/C27H24N4O2/c32-26(15-19-7-2-1-3-8-19)29-22-17-28-31(18-22)23-11-6-10-21(16-23)27(33)30-25-14-13-20-9-4-5-12-24(20)25/h1-12,16-18,25H,13-15H2,(H,29,32)(H,30,33). The maximum atomic E-state index is 12.9. The third kappa shape index (κ3) is 4.70. The molecule has 0 spiro atoms. The second-order valence-electron chi connectivity index (χ2n) is 8.20. The molecule has 1 aliphatic carbocycles. The summed E-state index contributed by atoms with van der Waals surface area (Å²) < 4.78 is 1.65. The topological polar surface area (TPSA) is 76.0 Å². The molecule has 2 amide bonds. The molecule has 6 heteroatoms. The van der Waals surface area contributed by atoms with Crippen LogP contribution in [-0.2, 0) is 17.6 Å². The molecule has 0 saturated heterocycles. The van der Waals surface area contributed by atoms with Crippen molar-refractivity contribution in [2.24, 2.45) is 0 Å². The second-order valence-corrected chi connectivity index (χ2v) is 8.20. The zero-order valence-corrected chi connectivity index (χ0v) is 18.1. The number of rotatable bonds is 6. The van der Waals surface area contributed by atoms with Crippen LogP contribution in [0.1, 0.15) is 39.5 Å². The number of aromatic nitrogens is 2. The van der Waals surface area contributed by atoms with Crippen molar-refractivity contribution < 1.29 is 9.59 Å². The summed E-state index contributed by atoms with van der Waals surface area (Å²) in [5.74, 6) is -0.215. The van der Waals surface area contributed by atoms with Gasteiger partial charge in [0.15, 0.2) is 0 Å². The van der Waals surface area contributed by atoms with Crippen LogP contribution in [0.3, 0.4) is 0 Å². The highest BCUT2D eigenvalue weighted by atomic mass is 16.2. The number of fused-ring (bicyclic) bond motifs is 1. The minimum Gasteiger partial charge on any atom is -0.345 e. The summed E-state index contributed by atoms with van der Waals surface area (Å²) in [5.41, 5.74) is 5.37. The van der Waals surface area contributed by atoms with Crippen molar-refractivity contribution in [2.75, 3.05) is 5.32 Å². The Kier molecular flexibility index (Phi) is 5.72. The summed E-state index contributed by atoms with van der Waals surface area (Å²) in [7, 11) is 0. The molecule has 2 N–H and O–H groups in total. The number of carbonyl (C=O) groups excluding carboxylic acids is 2. The Morgan fingerprint density at radius 2 is 1.79 bits per heavy atom. The van der Waals surface area contributed by atoms with E-state index in [1.165, 1.54) is 11.1 Å². The lowest BCUT2D eigenvalue weighted by Gasteiger charge is -2.14. The smallest absolute Gasteiger partial charge is 0.251 e. The quantitative estimate of drug-likeness (QED) is 0.468. The third-order valence-electron chi connectivity index (χ3n) is 5.88. The van der Waals surface area contributed by atoms with Crippen LogP contribution in [0.5, 0.6) is 0 Å². The Hall–Kier alpha value is -4.19. The lowest BCUT2D eigenvalue weighted by molar-refractivity contribution is -0.115. The molecule has 1 atom stereocenters. The fraction of sp³-hybridized carbons (Fsp3) is 0.148. The molecule has 1 aliphatic rings. The molecule has 6 nitrogen and oxygen atoms in total. The van der Waals surface area contributed by atoms with E-state index in [2.05, 4.69) is 27.9 Å². The van der Waals surface area contributed by atoms with E-state index in [0.717, 1.165) is 24.1 Å². The Balaban J connectivity index is 1.25. The van der Waals surface area contributed by atoms with Gasteiger partial charge in [0.2, 0.25) is 5.91 Å². The first kappa shape index (κ1) is 20.7. The lowest BCUT2D eigenvalue weighted by atomic mass is 10.1. The van der Waals surface area contributed by atoms with Crippen LogP contribution in [0.25, 0.3) is 5.69 Å². The fourth-order valence-corrected chi connectivity index (χ4v) is 4.25. The summed E-state index contributed by atoms with van der Waals surface area (Å²) in [4.78, 5) is 25.2. The molecule has 1 unspecified atom stereocenters. The van der Waals surface area contributed by atoms with Gasteiger partial charge in [0.05, 0.1) is 36.2 Å². The predicted octanol–water partition coefficient (Wildman–Crippen LogP) is 4.47. The van der Waals surface area contributed by atoms with Crippen molar-refractivity contribution in [3.8, 4) is 5.69 Å². The van der Waals surface area contributed by atoms with Gasteiger partial charge in [-0.1, -0.05) is 60.7 Å². The molecular formula is C27H24N4O2. The zero-order valence-electron chi connectivity index (χ0n) is 18.1. The van der Waals surface area contributed by atoms with Crippen LogP contribution >= 0.6 is 0 Å². The number of hydrogen-bond donors (Lipinski definition) is 2. The van der Waals surface area contributed by atoms with Crippen molar-refractivity contribution in [1.82, 2.24) is 15.1 Å². The van der Waals surface area contributed by atoms with E-state index in [-0.39, 0.29) is 17.9 Å². The maximum Gasteiger partial charge on any atom is 0.251 e. The maximum absolute atomic E-state index is 12.9. The number of hydrogen-bond acceptors (Lipinski definition) is 3. The Morgan fingerprint density at radius 1 is 0.970 bits per heavy atom. The van der Waals surface area contributed by atoms with Crippen molar-refractivity contribution in [2.45, 2.75) is 25.3 Å². The normalized spacial score (nSPS) is 14.5. The third-order valence-corrected chi connectivity index (χ3v) is 5.88. The van der Waals surface area contributed by atoms with Crippen molar-refractivity contribution in [3.05, 3.63) is 114 Å². The first-order valence-electron chi connectivity index (χ1n) is 11.0. The van der Waals surface area contributed by atoms with E-state index in [9.17, 15) is 9.59 Å². The summed E-state index contributed by atoms with van der Waals surface area (Å²) >= 11 is 0. The van der Waals surface area contributed by atoms with Crippen molar-refractivity contribution in [3.63, 3.8) is 0 Å².